The second-order valence-corrected chi connectivity index (χ2v) is 6.66. The van der Waals surface area contributed by atoms with Crippen molar-refractivity contribution in [3.8, 4) is 0 Å². The Morgan fingerprint density at radius 1 is 1.57 bits per heavy atom. The Balaban J connectivity index is 1.60. The Morgan fingerprint density at radius 2 is 2.43 bits per heavy atom. The Labute approximate surface area is 131 Å². The van der Waals surface area contributed by atoms with Crippen LogP contribution in [0.5, 0.6) is 0 Å². The lowest BCUT2D eigenvalue weighted by molar-refractivity contribution is 0.237. The molecule has 0 aliphatic carbocycles. The number of thioether (sulfide) groups is 1. The number of amides is 2. The third-order valence-electron chi connectivity index (χ3n) is 2.72. The molecule has 1 atom stereocenters. The van der Waals surface area contributed by atoms with Gasteiger partial charge in [0.25, 0.3) is 0 Å². The molecular weight excluding hydrogens is 308 g/mol. The van der Waals surface area contributed by atoms with Gasteiger partial charge < -0.3 is 15.2 Å². The summed E-state index contributed by atoms with van der Waals surface area (Å²) in [5, 5.41) is 15.4. The van der Waals surface area contributed by atoms with Crippen LogP contribution >= 0.6 is 23.1 Å². The predicted octanol–water partition coefficient (Wildman–Crippen LogP) is 1.81. The maximum absolute atomic E-state index is 11.8. The molecule has 0 aliphatic heterocycles. The molecule has 2 rings (SSSR count). The van der Waals surface area contributed by atoms with Crippen LogP contribution in [-0.4, -0.2) is 38.1 Å². The van der Waals surface area contributed by atoms with E-state index in [2.05, 4.69) is 25.8 Å². The fourth-order valence-electron chi connectivity index (χ4n) is 1.71. The van der Waals surface area contributed by atoms with Gasteiger partial charge in [0.15, 0.2) is 5.82 Å². The van der Waals surface area contributed by atoms with Gasteiger partial charge in [0.05, 0.1) is 6.04 Å². The van der Waals surface area contributed by atoms with Crippen LogP contribution in [-0.2, 0) is 7.05 Å². The summed E-state index contributed by atoms with van der Waals surface area (Å²) in [6.07, 6.45) is 4.31. The van der Waals surface area contributed by atoms with E-state index in [4.69, 9.17) is 0 Å². The second kappa shape index (κ2) is 7.99. The van der Waals surface area contributed by atoms with Crippen LogP contribution in [0.15, 0.2) is 22.2 Å². The first kappa shape index (κ1) is 15.8. The van der Waals surface area contributed by atoms with Gasteiger partial charge in [0.1, 0.15) is 10.7 Å². The van der Waals surface area contributed by atoms with E-state index in [1.54, 1.807) is 40.2 Å². The lowest BCUT2D eigenvalue weighted by Crippen LogP contribution is -2.38. The minimum atomic E-state index is -0.190. The highest BCUT2D eigenvalue weighted by molar-refractivity contribution is 8.00. The number of carbonyl (C=O) groups excluding carboxylic acids is 1. The van der Waals surface area contributed by atoms with Crippen molar-refractivity contribution in [1.29, 1.82) is 0 Å². The SMILES string of the molecule is C[C@@H](NC(=O)NCCCSc1nccs1)c1nncn1C. The first-order chi connectivity index (χ1) is 10.2. The van der Waals surface area contributed by atoms with Crippen molar-refractivity contribution in [2.24, 2.45) is 7.05 Å². The molecule has 2 amide bonds. The molecule has 2 aromatic rings. The van der Waals surface area contributed by atoms with Crippen molar-refractivity contribution in [1.82, 2.24) is 30.4 Å². The zero-order chi connectivity index (χ0) is 15.1. The molecule has 0 saturated carbocycles. The van der Waals surface area contributed by atoms with Crippen molar-refractivity contribution < 1.29 is 4.79 Å². The number of hydrogen-bond acceptors (Lipinski definition) is 6. The van der Waals surface area contributed by atoms with E-state index in [1.165, 1.54) is 0 Å². The summed E-state index contributed by atoms with van der Waals surface area (Å²) in [6, 6.07) is -0.369. The molecule has 0 spiro atoms. The van der Waals surface area contributed by atoms with Gasteiger partial charge >= 0.3 is 6.03 Å². The zero-order valence-electron chi connectivity index (χ0n) is 11.9. The van der Waals surface area contributed by atoms with E-state index in [9.17, 15) is 4.79 Å². The lowest BCUT2D eigenvalue weighted by Gasteiger charge is -2.13. The van der Waals surface area contributed by atoms with E-state index >= 15 is 0 Å². The van der Waals surface area contributed by atoms with Crippen molar-refractivity contribution in [3.05, 3.63) is 23.7 Å². The van der Waals surface area contributed by atoms with Gasteiger partial charge in [-0.15, -0.1) is 21.5 Å². The number of aromatic nitrogens is 4. The van der Waals surface area contributed by atoms with Gasteiger partial charge in [-0.05, 0) is 13.3 Å². The van der Waals surface area contributed by atoms with E-state index in [-0.39, 0.29) is 12.1 Å². The van der Waals surface area contributed by atoms with Gasteiger partial charge in [0.2, 0.25) is 0 Å². The Bertz CT molecular complexity index is 556. The molecule has 2 N–H and O–H groups in total. The molecule has 114 valence electrons. The monoisotopic (exact) mass is 326 g/mol. The van der Waals surface area contributed by atoms with Gasteiger partial charge in [-0.2, -0.15) is 0 Å². The van der Waals surface area contributed by atoms with Crippen LogP contribution in [0.3, 0.4) is 0 Å². The topological polar surface area (TPSA) is 84.7 Å². The van der Waals surface area contributed by atoms with Gasteiger partial charge in [-0.3, -0.25) is 0 Å². The highest BCUT2D eigenvalue weighted by Gasteiger charge is 2.13. The predicted molar refractivity (Wildman–Crippen MR) is 83.4 cm³/mol. The summed E-state index contributed by atoms with van der Waals surface area (Å²) in [6.45, 7) is 2.51. The van der Waals surface area contributed by atoms with Crippen molar-refractivity contribution in [2.75, 3.05) is 12.3 Å². The third-order valence-corrected chi connectivity index (χ3v) is 4.78. The number of rotatable bonds is 7. The van der Waals surface area contributed by atoms with Gasteiger partial charge in [-0.25, -0.2) is 9.78 Å². The largest absolute Gasteiger partial charge is 0.338 e. The summed E-state index contributed by atoms with van der Waals surface area (Å²) in [5.74, 6) is 1.66. The Hall–Kier alpha value is -1.61. The fraction of sp³-hybridized carbons (Fsp3) is 0.500. The van der Waals surface area contributed by atoms with E-state index < -0.39 is 0 Å². The van der Waals surface area contributed by atoms with Crippen LogP contribution in [0, 0.1) is 0 Å². The van der Waals surface area contributed by atoms with E-state index in [1.807, 2.05) is 19.4 Å². The molecule has 7 nitrogen and oxygen atoms in total. The molecule has 9 heteroatoms. The highest BCUT2D eigenvalue weighted by Crippen LogP contribution is 2.20. The summed E-state index contributed by atoms with van der Waals surface area (Å²) in [5.41, 5.74) is 0. The van der Waals surface area contributed by atoms with Crippen molar-refractivity contribution in [2.45, 2.75) is 23.7 Å². The Morgan fingerprint density at radius 3 is 3.10 bits per heavy atom. The number of urea groups is 1. The molecule has 0 saturated heterocycles. The Kier molecular flexibility index (Phi) is 6.00. The lowest BCUT2D eigenvalue weighted by atomic mass is 10.3. The zero-order valence-corrected chi connectivity index (χ0v) is 13.6. The molecule has 2 aromatic heterocycles. The number of aryl methyl sites for hydroxylation is 1. The number of carbonyl (C=O) groups is 1. The van der Waals surface area contributed by atoms with Crippen LogP contribution in [0.25, 0.3) is 0 Å². The summed E-state index contributed by atoms with van der Waals surface area (Å²) in [4.78, 5) is 15.9. The number of nitrogens with one attached hydrogen (secondary N) is 2. The summed E-state index contributed by atoms with van der Waals surface area (Å²) < 4.78 is 2.85. The first-order valence-electron chi connectivity index (χ1n) is 6.57. The summed E-state index contributed by atoms with van der Waals surface area (Å²) >= 11 is 3.34. The van der Waals surface area contributed by atoms with Crippen LogP contribution in [0.2, 0.25) is 0 Å². The normalized spacial score (nSPS) is 12.1. The number of hydrogen-bond donors (Lipinski definition) is 2. The molecule has 2 heterocycles. The van der Waals surface area contributed by atoms with Crippen molar-refractivity contribution >= 4 is 29.1 Å². The minimum absolute atomic E-state index is 0.179. The second-order valence-electron chi connectivity index (χ2n) is 4.42. The maximum atomic E-state index is 11.8. The number of thiazole rings is 1. The molecule has 0 radical (unpaired) electrons. The van der Waals surface area contributed by atoms with E-state index in [0.29, 0.717) is 6.54 Å². The van der Waals surface area contributed by atoms with Crippen molar-refractivity contribution in [3.63, 3.8) is 0 Å². The molecular formula is C12H18N6OS2. The van der Waals surface area contributed by atoms with Gasteiger partial charge in [-0.1, -0.05) is 11.8 Å². The van der Waals surface area contributed by atoms with E-state index in [0.717, 1.165) is 22.3 Å². The van der Waals surface area contributed by atoms with Crippen LogP contribution in [0.1, 0.15) is 25.2 Å². The number of nitrogens with zero attached hydrogens (tertiary/aromatic N) is 4. The average Bonchev–Trinajstić information content (AvgIpc) is 3.09. The molecule has 0 aromatic carbocycles. The smallest absolute Gasteiger partial charge is 0.315 e. The average molecular weight is 326 g/mol. The highest BCUT2D eigenvalue weighted by atomic mass is 32.2. The first-order valence-corrected chi connectivity index (χ1v) is 8.44. The quantitative estimate of drug-likeness (QED) is 0.599. The standard InChI is InChI=1S/C12H18N6OS2/c1-9(10-17-15-8-18(10)2)16-11(19)13-4-3-6-20-12-14-5-7-21-12/h5,7-9H,3-4,6H2,1-2H3,(H2,13,16,19)/t9-/m1/s1. The summed E-state index contributed by atoms with van der Waals surface area (Å²) in [7, 11) is 1.85. The third kappa shape index (κ3) is 5.01. The molecule has 0 bridgehead atoms. The molecule has 21 heavy (non-hydrogen) atoms. The molecule has 0 aliphatic rings. The maximum Gasteiger partial charge on any atom is 0.315 e. The minimum Gasteiger partial charge on any atom is -0.338 e. The fourth-order valence-corrected chi connectivity index (χ4v) is 3.36. The molecule has 0 unspecified atom stereocenters. The molecule has 0 fully saturated rings. The van der Waals surface area contributed by atoms with Crippen LogP contribution in [0.4, 0.5) is 4.79 Å². The van der Waals surface area contributed by atoms with Crippen LogP contribution < -0.4 is 10.6 Å². The van der Waals surface area contributed by atoms with Gasteiger partial charge in [0, 0.05) is 30.9 Å².